The highest BCUT2D eigenvalue weighted by atomic mass is 16.5. The molecular formula is C29H40N2O4. The molecule has 0 spiro atoms. The van der Waals surface area contributed by atoms with E-state index in [-0.39, 0.29) is 13.2 Å². The molecule has 0 bridgehead atoms. The largest absolute Gasteiger partial charge is 0.493 e. The van der Waals surface area contributed by atoms with Gasteiger partial charge in [0.15, 0.2) is 11.5 Å². The number of ether oxygens (including phenoxy) is 2. The maximum Gasteiger partial charge on any atom is 0.161 e. The average molecular weight is 481 g/mol. The maximum atomic E-state index is 9.92. The van der Waals surface area contributed by atoms with Gasteiger partial charge in [-0.15, -0.1) is 0 Å². The van der Waals surface area contributed by atoms with Gasteiger partial charge in [0.1, 0.15) is 0 Å². The summed E-state index contributed by atoms with van der Waals surface area (Å²) in [6.45, 7) is 5.49. The zero-order valence-corrected chi connectivity index (χ0v) is 21.3. The molecule has 0 amide bonds. The van der Waals surface area contributed by atoms with Crippen LogP contribution in [0.25, 0.3) is 0 Å². The number of rotatable bonds is 7. The Hall–Kier alpha value is -2.12. The molecular weight excluding hydrogens is 440 g/mol. The molecule has 1 saturated heterocycles. The zero-order valence-electron chi connectivity index (χ0n) is 21.3. The Bertz CT molecular complexity index is 1050. The highest BCUT2D eigenvalue weighted by Crippen LogP contribution is 2.46. The molecule has 35 heavy (non-hydrogen) atoms. The monoisotopic (exact) mass is 480 g/mol. The van der Waals surface area contributed by atoms with Crippen LogP contribution in [0.15, 0.2) is 24.3 Å². The average Bonchev–Trinajstić information content (AvgIpc) is 2.91. The van der Waals surface area contributed by atoms with Gasteiger partial charge in [0, 0.05) is 25.2 Å². The summed E-state index contributed by atoms with van der Waals surface area (Å²) in [5.74, 6) is 2.90. The minimum Gasteiger partial charge on any atom is -0.493 e. The number of methoxy groups -OCH3 is 2. The van der Waals surface area contributed by atoms with E-state index < -0.39 is 0 Å². The van der Waals surface area contributed by atoms with Gasteiger partial charge in [-0.3, -0.25) is 4.90 Å². The molecule has 5 rings (SSSR count). The first-order chi connectivity index (χ1) is 17.1. The van der Waals surface area contributed by atoms with Crippen LogP contribution in [0.5, 0.6) is 11.5 Å². The zero-order chi connectivity index (χ0) is 24.5. The van der Waals surface area contributed by atoms with Crippen LogP contribution in [0, 0.1) is 11.8 Å². The van der Waals surface area contributed by atoms with E-state index in [1.807, 2.05) is 0 Å². The van der Waals surface area contributed by atoms with Gasteiger partial charge in [0.2, 0.25) is 0 Å². The van der Waals surface area contributed by atoms with Crippen LogP contribution in [0.3, 0.4) is 0 Å². The van der Waals surface area contributed by atoms with Gasteiger partial charge in [-0.2, -0.15) is 0 Å². The number of piperidine rings is 1. The van der Waals surface area contributed by atoms with Crippen molar-refractivity contribution in [3.05, 3.63) is 57.6 Å². The summed E-state index contributed by atoms with van der Waals surface area (Å²) < 4.78 is 11.2. The highest BCUT2D eigenvalue weighted by Gasteiger charge is 2.40. The van der Waals surface area contributed by atoms with E-state index in [0.29, 0.717) is 23.9 Å². The summed E-state index contributed by atoms with van der Waals surface area (Å²) in [4.78, 5) is 2.67. The maximum absolute atomic E-state index is 9.92. The van der Waals surface area contributed by atoms with Gasteiger partial charge in [0.25, 0.3) is 0 Å². The quantitative estimate of drug-likeness (QED) is 0.558. The molecule has 2 aromatic carbocycles. The lowest BCUT2D eigenvalue weighted by Gasteiger charge is -2.48. The van der Waals surface area contributed by atoms with Crippen LogP contribution in [0.4, 0.5) is 0 Å². The van der Waals surface area contributed by atoms with Crippen molar-refractivity contribution in [2.75, 3.05) is 33.9 Å². The second kappa shape index (κ2) is 10.5. The third-order valence-corrected chi connectivity index (χ3v) is 8.80. The first-order valence-corrected chi connectivity index (χ1v) is 13.2. The van der Waals surface area contributed by atoms with Gasteiger partial charge < -0.3 is 25.0 Å². The van der Waals surface area contributed by atoms with E-state index in [1.54, 1.807) is 14.2 Å². The van der Waals surface area contributed by atoms with Crippen molar-refractivity contribution in [3.63, 3.8) is 0 Å². The summed E-state index contributed by atoms with van der Waals surface area (Å²) in [6, 6.07) is 9.36. The molecule has 0 aliphatic carbocycles. The molecule has 0 aromatic heterocycles. The molecule has 2 aromatic rings. The molecule has 3 aliphatic heterocycles. The van der Waals surface area contributed by atoms with E-state index in [2.05, 4.69) is 41.4 Å². The molecule has 6 nitrogen and oxygen atoms in total. The lowest BCUT2D eigenvalue weighted by atomic mass is 9.72. The fourth-order valence-corrected chi connectivity index (χ4v) is 6.85. The standard InChI is InChI=1S/C29H40N2O4/c1-4-18-15-31-8-6-20-9-22(16-32)23(17-33)10-25(20)27(31)12-21(18)11-26-24-14-29(35-3)28(34-2)13-19(24)5-7-30-26/h9-10,13-14,18,21,26-27,30,32-33H,4-8,11-12,15-17H2,1-3H3/t18-,21-,26?,27-/m0/s1. The van der Waals surface area contributed by atoms with Crippen molar-refractivity contribution in [1.82, 2.24) is 10.2 Å². The fraction of sp³-hybridized carbons (Fsp3) is 0.586. The topological polar surface area (TPSA) is 74.2 Å². The molecule has 3 aliphatic rings. The lowest BCUT2D eigenvalue weighted by molar-refractivity contribution is 0.0435. The lowest BCUT2D eigenvalue weighted by Crippen LogP contribution is -2.47. The number of aliphatic hydroxyl groups excluding tert-OH is 2. The number of hydrogen-bond acceptors (Lipinski definition) is 6. The molecule has 190 valence electrons. The van der Waals surface area contributed by atoms with Crippen molar-refractivity contribution < 1.29 is 19.7 Å². The normalized spacial score (nSPS) is 26.0. The molecule has 1 fully saturated rings. The Kier molecular flexibility index (Phi) is 7.35. The third kappa shape index (κ3) is 4.57. The van der Waals surface area contributed by atoms with Crippen LogP contribution in [0.1, 0.15) is 71.7 Å². The second-order valence-corrected chi connectivity index (χ2v) is 10.5. The fourth-order valence-electron chi connectivity index (χ4n) is 6.85. The van der Waals surface area contributed by atoms with Crippen LogP contribution in [-0.2, 0) is 26.1 Å². The minimum atomic E-state index is -0.0228. The van der Waals surface area contributed by atoms with Crippen molar-refractivity contribution in [1.29, 1.82) is 0 Å². The van der Waals surface area contributed by atoms with Crippen molar-refractivity contribution >= 4 is 0 Å². The van der Waals surface area contributed by atoms with Gasteiger partial charge in [0.05, 0.1) is 27.4 Å². The molecule has 1 unspecified atom stereocenters. The van der Waals surface area contributed by atoms with E-state index >= 15 is 0 Å². The molecule has 0 saturated carbocycles. The van der Waals surface area contributed by atoms with Gasteiger partial charge in [-0.05, 0) is 89.6 Å². The van der Waals surface area contributed by atoms with Gasteiger partial charge in [-0.1, -0.05) is 25.5 Å². The van der Waals surface area contributed by atoms with E-state index in [4.69, 9.17) is 9.47 Å². The number of hydrogen-bond donors (Lipinski definition) is 3. The smallest absolute Gasteiger partial charge is 0.161 e. The van der Waals surface area contributed by atoms with Crippen LogP contribution in [-0.4, -0.2) is 49.0 Å². The predicted octanol–water partition coefficient (Wildman–Crippen LogP) is 3.91. The second-order valence-electron chi connectivity index (χ2n) is 10.5. The highest BCUT2D eigenvalue weighted by molar-refractivity contribution is 5.49. The summed E-state index contributed by atoms with van der Waals surface area (Å²) in [6.07, 6.45) is 5.47. The van der Waals surface area contributed by atoms with Crippen LogP contribution >= 0.6 is 0 Å². The van der Waals surface area contributed by atoms with E-state index in [1.165, 1.54) is 28.7 Å². The molecule has 4 atom stereocenters. The van der Waals surface area contributed by atoms with E-state index in [9.17, 15) is 10.2 Å². The molecule has 0 radical (unpaired) electrons. The number of nitrogens with zero attached hydrogens (tertiary/aromatic N) is 1. The van der Waals surface area contributed by atoms with Gasteiger partial charge >= 0.3 is 0 Å². The third-order valence-electron chi connectivity index (χ3n) is 8.80. The predicted molar refractivity (Wildman–Crippen MR) is 137 cm³/mol. The van der Waals surface area contributed by atoms with Crippen molar-refractivity contribution in [2.45, 2.75) is 64.3 Å². The summed E-state index contributed by atoms with van der Waals surface area (Å²) in [5.41, 5.74) is 7.16. The molecule has 3 N–H and O–H groups in total. The SMILES string of the molecule is CC[C@H]1CN2CCc3cc(CO)c(CO)cc3[C@@H]2C[C@@H]1CC1NCCc2cc(OC)c(OC)cc21. The number of aliphatic hydroxyl groups is 2. The summed E-state index contributed by atoms with van der Waals surface area (Å²) in [5, 5.41) is 23.5. The Labute approximate surface area is 209 Å². The number of benzene rings is 2. The Morgan fingerprint density at radius 1 is 0.914 bits per heavy atom. The number of fused-ring (bicyclic) bond motifs is 4. The Balaban J connectivity index is 1.43. The Morgan fingerprint density at radius 2 is 1.63 bits per heavy atom. The first-order valence-electron chi connectivity index (χ1n) is 13.2. The first kappa shape index (κ1) is 24.6. The van der Waals surface area contributed by atoms with Crippen molar-refractivity contribution in [2.24, 2.45) is 11.8 Å². The van der Waals surface area contributed by atoms with Crippen LogP contribution < -0.4 is 14.8 Å². The minimum absolute atomic E-state index is 0.0148. The van der Waals surface area contributed by atoms with Gasteiger partial charge in [-0.25, -0.2) is 0 Å². The molecule has 6 heteroatoms. The summed E-state index contributed by atoms with van der Waals surface area (Å²) >= 11 is 0. The van der Waals surface area contributed by atoms with Crippen molar-refractivity contribution in [3.8, 4) is 11.5 Å². The van der Waals surface area contributed by atoms with Crippen LogP contribution in [0.2, 0.25) is 0 Å². The van der Waals surface area contributed by atoms with E-state index in [0.717, 1.165) is 67.9 Å². The summed E-state index contributed by atoms with van der Waals surface area (Å²) in [7, 11) is 3.41. The Morgan fingerprint density at radius 3 is 2.34 bits per heavy atom. The molecule has 3 heterocycles. The number of nitrogens with one attached hydrogen (secondary N) is 1.